The Bertz CT molecular complexity index is 771. The Balaban J connectivity index is 1.26. The maximum absolute atomic E-state index is 6.34. The SMILES string of the molecule is c1cc(Nc2ccc3c(c2)COC2(CCN(C4CCC4)CC2)O3)ncn1. The molecule has 1 aliphatic carbocycles. The number of fused-ring (bicyclic) bond motifs is 1. The molecule has 3 heterocycles. The van der Waals surface area contributed by atoms with Gasteiger partial charge in [-0.25, -0.2) is 9.97 Å². The van der Waals surface area contributed by atoms with Gasteiger partial charge in [0.05, 0.1) is 6.61 Å². The molecule has 0 unspecified atom stereocenters. The number of hydrogen-bond acceptors (Lipinski definition) is 6. The van der Waals surface area contributed by atoms with E-state index in [0.717, 1.165) is 54.8 Å². The maximum Gasteiger partial charge on any atom is 0.213 e. The van der Waals surface area contributed by atoms with Gasteiger partial charge in [-0.05, 0) is 37.1 Å². The minimum Gasteiger partial charge on any atom is -0.462 e. The van der Waals surface area contributed by atoms with E-state index < -0.39 is 5.79 Å². The molecule has 136 valence electrons. The van der Waals surface area contributed by atoms with Crippen LogP contribution in [0.5, 0.6) is 5.75 Å². The van der Waals surface area contributed by atoms with Crippen LogP contribution in [0.2, 0.25) is 0 Å². The molecule has 1 N–H and O–H groups in total. The van der Waals surface area contributed by atoms with E-state index in [0.29, 0.717) is 6.61 Å². The Morgan fingerprint density at radius 1 is 1.15 bits per heavy atom. The molecule has 0 atom stereocenters. The maximum atomic E-state index is 6.34. The number of anilines is 2. The summed E-state index contributed by atoms with van der Waals surface area (Å²) in [5.74, 6) is 1.29. The molecule has 1 aromatic heterocycles. The van der Waals surface area contributed by atoms with Crippen molar-refractivity contribution in [3.05, 3.63) is 42.4 Å². The smallest absolute Gasteiger partial charge is 0.213 e. The van der Waals surface area contributed by atoms with Crippen LogP contribution in [0.25, 0.3) is 0 Å². The summed E-state index contributed by atoms with van der Waals surface area (Å²) >= 11 is 0. The van der Waals surface area contributed by atoms with Gasteiger partial charge < -0.3 is 14.8 Å². The van der Waals surface area contributed by atoms with Crippen LogP contribution >= 0.6 is 0 Å². The van der Waals surface area contributed by atoms with Crippen LogP contribution in [0.1, 0.15) is 37.7 Å². The monoisotopic (exact) mass is 352 g/mol. The zero-order chi connectivity index (χ0) is 17.4. The lowest BCUT2D eigenvalue weighted by Gasteiger charge is -2.47. The first-order valence-corrected chi connectivity index (χ1v) is 9.53. The first-order valence-electron chi connectivity index (χ1n) is 9.53. The fourth-order valence-electron chi connectivity index (χ4n) is 4.05. The molecule has 2 aromatic rings. The number of likely N-dealkylation sites (tertiary alicyclic amines) is 1. The Kier molecular flexibility index (Phi) is 4.02. The molecule has 3 aliphatic rings. The summed E-state index contributed by atoms with van der Waals surface area (Å²) in [4.78, 5) is 10.8. The fraction of sp³-hybridized carbons (Fsp3) is 0.500. The number of benzene rings is 1. The lowest BCUT2D eigenvalue weighted by molar-refractivity contribution is -0.231. The van der Waals surface area contributed by atoms with Crippen molar-refractivity contribution in [1.82, 2.24) is 14.9 Å². The molecule has 0 amide bonds. The van der Waals surface area contributed by atoms with E-state index in [9.17, 15) is 0 Å². The lowest BCUT2D eigenvalue weighted by atomic mass is 9.89. The average Bonchev–Trinajstić information content (AvgIpc) is 2.63. The Morgan fingerprint density at radius 3 is 2.77 bits per heavy atom. The standard InChI is InChI=1S/C20H24N4O2/c1-2-17(3-1)24-10-7-20(8-11-24)25-13-15-12-16(4-5-18(15)26-20)23-19-6-9-21-14-22-19/h4-6,9,12,14,17H,1-3,7-8,10-11,13H2,(H,21,22,23). The van der Waals surface area contributed by atoms with E-state index in [1.54, 1.807) is 6.20 Å². The number of nitrogens with one attached hydrogen (secondary N) is 1. The average molecular weight is 352 g/mol. The molecule has 1 aromatic carbocycles. The van der Waals surface area contributed by atoms with E-state index in [4.69, 9.17) is 9.47 Å². The zero-order valence-electron chi connectivity index (χ0n) is 14.9. The van der Waals surface area contributed by atoms with Gasteiger partial charge in [0, 0.05) is 49.4 Å². The summed E-state index contributed by atoms with van der Waals surface area (Å²) in [6, 6.07) is 8.80. The van der Waals surface area contributed by atoms with Gasteiger partial charge in [0.2, 0.25) is 5.79 Å². The molecule has 2 aliphatic heterocycles. The van der Waals surface area contributed by atoms with Crippen LogP contribution in [0.3, 0.4) is 0 Å². The highest BCUT2D eigenvalue weighted by Crippen LogP contribution is 2.40. The summed E-state index contributed by atoms with van der Waals surface area (Å²) in [6.45, 7) is 2.75. The van der Waals surface area contributed by atoms with Crippen molar-refractivity contribution in [2.24, 2.45) is 0 Å². The van der Waals surface area contributed by atoms with E-state index in [1.165, 1.54) is 25.6 Å². The molecule has 5 rings (SSSR count). The van der Waals surface area contributed by atoms with E-state index in [-0.39, 0.29) is 0 Å². The lowest BCUT2D eigenvalue weighted by Crippen LogP contribution is -2.54. The van der Waals surface area contributed by atoms with Crippen molar-refractivity contribution >= 4 is 11.5 Å². The molecule has 2 fully saturated rings. The van der Waals surface area contributed by atoms with E-state index >= 15 is 0 Å². The second-order valence-corrected chi connectivity index (χ2v) is 7.46. The van der Waals surface area contributed by atoms with Crippen molar-refractivity contribution in [3.63, 3.8) is 0 Å². The summed E-state index contributed by atoms with van der Waals surface area (Å²) in [5, 5.41) is 3.29. The van der Waals surface area contributed by atoms with E-state index in [2.05, 4.69) is 26.3 Å². The molecule has 6 heteroatoms. The minimum atomic E-state index is -0.436. The van der Waals surface area contributed by atoms with Crippen molar-refractivity contribution in [2.45, 2.75) is 50.5 Å². The summed E-state index contributed by atoms with van der Waals surface area (Å²) in [7, 11) is 0. The number of rotatable bonds is 3. The van der Waals surface area contributed by atoms with Crippen LogP contribution in [0.4, 0.5) is 11.5 Å². The molecular weight excluding hydrogens is 328 g/mol. The number of piperidine rings is 1. The van der Waals surface area contributed by atoms with Gasteiger partial charge in [-0.15, -0.1) is 0 Å². The largest absolute Gasteiger partial charge is 0.462 e. The number of aromatic nitrogens is 2. The Hall–Kier alpha value is -2.18. The van der Waals surface area contributed by atoms with Crippen LogP contribution in [-0.4, -0.2) is 39.8 Å². The Morgan fingerprint density at radius 2 is 2.04 bits per heavy atom. The predicted molar refractivity (Wildman–Crippen MR) is 98.4 cm³/mol. The first kappa shape index (κ1) is 16.0. The van der Waals surface area contributed by atoms with Crippen LogP contribution < -0.4 is 10.1 Å². The van der Waals surface area contributed by atoms with Crippen molar-refractivity contribution in [2.75, 3.05) is 18.4 Å². The van der Waals surface area contributed by atoms with Crippen LogP contribution in [0.15, 0.2) is 36.8 Å². The highest BCUT2D eigenvalue weighted by molar-refractivity contribution is 5.59. The number of hydrogen-bond donors (Lipinski definition) is 1. The first-order chi connectivity index (χ1) is 12.8. The van der Waals surface area contributed by atoms with Crippen molar-refractivity contribution < 1.29 is 9.47 Å². The van der Waals surface area contributed by atoms with Crippen LogP contribution in [-0.2, 0) is 11.3 Å². The third-order valence-corrected chi connectivity index (χ3v) is 5.85. The van der Waals surface area contributed by atoms with Gasteiger partial charge in [-0.2, -0.15) is 0 Å². The number of ether oxygens (including phenoxy) is 2. The Labute approximate surface area is 153 Å². The second-order valence-electron chi connectivity index (χ2n) is 7.46. The van der Waals surface area contributed by atoms with Gasteiger partial charge in [0.1, 0.15) is 17.9 Å². The third-order valence-electron chi connectivity index (χ3n) is 5.85. The molecule has 26 heavy (non-hydrogen) atoms. The van der Waals surface area contributed by atoms with Gasteiger partial charge in [0.25, 0.3) is 0 Å². The van der Waals surface area contributed by atoms with Crippen molar-refractivity contribution in [3.8, 4) is 5.75 Å². The minimum absolute atomic E-state index is 0.436. The molecular formula is C20H24N4O2. The van der Waals surface area contributed by atoms with Gasteiger partial charge >= 0.3 is 0 Å². The van der Waals surface area contributed by atoms with Gasteiger partial charge in [-0.3, -0.25) is 4.90 Å². The molecule has 0 bridgehead atoms. The summed E-state index contributed by atoms with van der Waals surface area (Å²) in [5.41, 5.74) is 2.06. The molecule has 1 saturated carbocycles. The van der Waals surface area contributed by atoms with E-state index in [1.807, 2.05) is 18.2 Å². The van der Waals surface area contributed by atoms with Crippen molar-refractivity contribution in [1.29, 1.82) is 0 Å². The van der Waals surface area contributed by atoms with Crippen LogP contribution in [0, 0.1) is 0 Å². The van der Waals surface area contributed by atoms with Gasteiger partial charge in [-0.1, -0.05) is 6.42 Å². The highest BCUT2D eigenvalue weighted by atomic mass is 16.7. The second kappa shape index (κ2) is 6.52. The topological polar surface area (TPSA) is 59.5 Å². The fourth-order valence-corrected chi connectivity index (χ4v) is 4.05. The van der Waals surface area contributed by atoms with Gasteiger partial charge in [0.15, 0.2) is 0 Å². The molecule has 0 radical (unpaired) electrons. The summed E-state index contributed by atoms with van der Waals surface area (Å²) in [6.07, 6.45) is 9.26. The molecule has 6 nitrogen and oxygen atoms in total. The molecule has 1 saturated heterocycles. The zero-order valence-corrected chi connectivity index (χ0v) is 14.9. The highest BCUT2D eigenvalue weighted by Gasteiger charge is 2.42. The quantitative estimate of drug-likeness (QED) is 0.913. The molecule has 1 spiro atoms. The third kappa shape index (κ3) is 3.04. The summed E-state index contributed by atoms with van der Waals surface area (Å²) < 4.78 is 12.6. The normalized spacial score (nSPS) is 22.3. The number of nitrogens with zero attached hydrogens (tertiary/aromatic N) is 3. The predicted octanol–water partition coefficient (Wildman–Crippen LogP) is 3.47.